The van der Waals surface area contributed by atoms with Crippen LogP contribution in [0.1, 0.15) is 19.4 Å². The molecule has 0 bridgehead atoms. The molecule has 0 spiro atoms. The lowest BCUT2D eigenvalue weighted by atomic mass is 10.0. The molecule has 2 rings (SSSR count). The molecular weight excluding hydrogens is 277 g/mol. The molecule has 0 saturated carbocycles. The minimum atomic E-state index is 0.476. The molecule has 0 aromatic heterocycles. The van der Waals surface area contributed by atoms with Crippen LogP contribution in [0.25, 0.3) is 11.1 Å². The van der Waals surface area contributed by atoms with Gasteiger partial charge in [-0.3, -0.25) is 0 Å². The van der Waals surface area contributed by atoms with E-state index < -0.39 is 0 Å². The Morgan fingerprint density at radius 3 is 2.26 bits per heavy atom. The van der Waals surface area contributed by atoms with Crippen LogP contribution in [0.5, 0.6) is 0 Å². The van der Waals surface area contributed by atoms with Crippen molar-refractivity contribution in [2.24, 2.45) is 0 Å². The summed E-state index contributed by atoms with van der Waals surface area (Å²) < 4.78 is 0. The average molecular weight is 294 g/mol. The second kappa shape index (κ2) is 6.42. The number of hydrogen-bond donors (Lipinski definition) is 1. The molecule has 1 nitrogen and oxygen atoms in total. The first kappa shape index (κ1) is 14.4. The van der Waals surface area contributed by atoms with Crippen LogP contribution in [0.15, 0.2) is 42.5 Å². The van der Waals surface area contributed by atoms with E-state index in [0.717, 1.165) is 17.7 Å². The van der Waals surface area contributed by atoms with Gasteiger partial charge in [0.1, 0.15) is 0 Å². The summed E-state index contributed by atoms with van der Waals surface area (Å²) in [5.74, 6) is 0. The summed E-state index contributed by atoms with van der Waals surface area (Å²) in [5, 5.41) is 4.73. The summed E-state index contributed by atoms with van der Waals surface area (Å²) in [6, 6.07) is 14.5. The van der Waals surface area contributed by atoms with Gasteiger partial charge in [0, 0.05) is 22.6 Å². The molecule has 0 aliphatic rings. The third-order valence-electron chi connectivity index (χ3n) is 2.84. The van der Waals surface area contributed by atoms with Gasteiger partial charge in [0.2, 0.25) is 0 Å². The Hall–Kier alpha value is -1.02. The maximum atomic E-state index is 6.05. The van der Waals surface area contributed by atoms with Gasteiger partial charge in [-0.25, -0.2) is 0 Å². The van der Waals surface area contributed by atoms with E-state index in [4.69, 9.17) is 23.2 Å². The predicted molar refractivity (Wildman–Crippen MR) is 83.9 cm³/mol. The fourth-order valence-electron chi connectivity index (χ4n) is 1.90. The summed E-state index contributed by atoms with van der Waals surface area (Å²) in [6.45, 7) is 5.14. The minimum absolute atomic E-state index is 0.476. The van der Waals surface area contributed by atoms with Crippen molar-refractivity contribution in [3.8, 4) is 11.1 Å². The first-order chi connectivity index (χ1) is 9.04. The fraction of sp³-hybridized carbons (Fsp3) is 0.250. The number of nitrogens with one attached hydrogen (secondary N) is 1. The van der Waals surface area contributed by atoms with Crippen molar-refractivity contribution < 1.29 is 0 Å². The van der Waals surface area contributed by atoms with E-state index in [1.54, 1.807) is 6.07 Å². The van der Waals surface area contributed by atoms with Gasteiger partial charge in [0.25, 0.3) is 0 Å². The van der Waals surface area contributed by atoms with Crippen molar-refractivity contribution in [3.05, 3.63) is 58.1 Å². The van der Waals surface area contributed by atoms with Gasteiger partial charge in [-0.15, -0.1) is 0 Å². The Balaban J connectivity index is 2.27. The van der Waals surface area contributed by atoms with Gasteiger partial charge >= 0.3 is 0 Å². The smallest absolute Gasteiger partial charge is 0.0426 e. The van der Waals surface area contributed by atoms with Crippen molar-refractivity contribution in [3.63, 3.8) is 0 Å². The highest BCUT2D eigenvalue weighted by Crippen LogP contribution is 2.27. The SMILES string of the molecule is CC(C)NCc1cccc(-c2cc(Cl)cc(Cl)c2)c1. The Morgan fingerprint density at radius 1 is 0.947 bits per heavy atom. The van der Waals surface area contributed by atoms with E-state index in [9.17, 15) is 0 Å². The number of benzene rings is 2. The van der Waals surface area contributed by atoms with Crippen molar-refractivity contribution >= 4 is 23.2 Å². The molecule has 1 N–H and O–H groups in total. The maximum Gasteiger partial charge on any atom is 0.0426 e. The zero-order valence-electron chi connectivity index (χ0n) is 11.1. The van der Waals surface area contributed by atoms with Crippen LogP contribution in [0, 0.1) is 0 Å². The van der Waals surface area contributed by atoms with Crippen LogP contribution in [0.2, 0.25) is 10.0 Å². The molecule has 0 aliphatic carbocycles. The van der Waals surface area contributed by atoms with Gasteiger partial charge in [-0.2, -0.15) is 0 Å². The molecule has 0 radical (unpaired) electrons. The average Bonchev–Trinajstić information content (AvgIpc) is 2.35. The monoisotopic (exact) mass is 293 g/mol. The fourth-order valence-corrected chi connectivity index (χ4v) is 2.43. The molecule has 2 aromatic carbocycles. The van der Waals surface area contributed by atoms with Crippen LogP contribution in [0.3, 0.4) is 0 Å². The zero-order valence-corrected chi connectivity index (χ0v) is 12.6. The molecule has 0 amide bonds. The van der Waals surface area contributed by atoms with Crippen LogP contribution < -0.4 is 5.32 Å². The van der Waals surface area contributed by atoms with Crippen molar-refractivity contribution in [1.82, 2.24) is 5.32 Å². The maximum absolute atomic E-state index is 6.05. The van der Waals surface area contributed by atoms with Gasteiger partial charge in [-0.05, 0) is 41.0 Å². The van der Waals surface area contributed by atoms with E-state index in [2.05, 4.69) is 43.4 Å². The Bertz CT molecular complexity index is 544. The van der Waals surface area contributed by atoms with E-state index >= 15 is 0 Å². The van der Waals surface area contributed by atoms with Crippen molar-refractivity contribution in [2.45, 2.75) is 26.4 Å². The van der Waals surface area contributed by atoms with Crippen LogP contribution in [0.4, 0.5) is 0 Å². The second-order valence-corrected chi connectivity index (χ2v) is 5.77. The van der Waals surface area contributed by atoms with Crippen LogP contribution >= 0.6 is 23.2 Å². The molecular formula is C16H17Cl2N. The van der Waals surface area contributed by atoms with E-state index in [1.807, 2.05) is 12.1 Å². The lowest BCUT2D eigenvalue weighted by Crippen LogP contribution is -2.21. The summed E-state index contributed by atoms with van der Waals surface area (Å²) in [7, 11) is 0. The molecule has 0 saturated heterocycles. The van der Waals surface area contributed by atoms with Gasteiger partial charge < -0.3 is 5.32 Å². The standard InChI is InChI=1S/C16H17Cl2N/c1-11(2)19-10-12-4-3-5-13(6-12)14-7-15(17)9-16(18)8-14/h3-9,11,19H,10H2,1-2H3. The number of halogens is 2. The van der Waals surface area contributed by atoms with Gasteiger partial charge in [0.15, 0.2) is 0 Å². The molecule has 0 aliphatic heterocycles. The predicted octanol–water partition coefficient (Wildman–Crippen LogP) is 5.16. The Morgan fingerprint density at radius 2 is 1.63 bits per heavy atom. The molecule has 0 fully saturated rings. The first-order valence-electron chi connectivity index (χ1n) is 6.33. The Kier molecular flexibility index (Phi) is 4.87. The highest BCUT2D eigenvalue weighted by atomic mass is 35.5. The lowest BCUT2D eigenvalue weighted by molar-refractivity contribution is 0.589. The quantitative estimate of drug-likeness (QED) is 0.821. The molecule has 0 atom stereocenters. The van der Waals surface area contributed by atoms with Crippen molar-refractivity contribution in [1.29, 1.82) is 0 Å². The van der Waals surface area contributed by atoms with E-state index in [1.165, 1.54) is 5.56 Å². The molecule has 19 heavy (non-hydrogen) atoms. The molecule has 3 heteroatoms. The van der Waals surface area contributed by atoms with Crippen LogP contribution in [-0.2, 0) is 6.54 Å². The normalized spacial score (nSPS) is 11.0. The molecule has 2 aromatic rings. The highest BCUT2D eigenvalue weighted by Gasteiger charge is 2.03. The van der Waals surface area contributed by atoms with Crippen LogP contribution in [-0.4, -0.2) is 6.04 Å². The van der Waals surface area contributed by atoms with E-state index in [-0.39, 0.29) is 0 Å². The lowest BCUT2D eigenvalue weighted by Gasteiger charge is -2.10. The molecule has 0 heterocycles. The topological polar surface area (TPSA) is 12.0 Å². The molecule has 0 unspecified atom stereocenters. The largest absolute Gasteiger partial charge is 0.310 e. The highest BCUT2D eigenvalue weighted by molar-refractivity contribution is 6.35. The third-order valence-corrected chi connectivity index (χ3v) is 3.27. The minimum Gasteiger partial charge on any atom is -0.310 e. The first-order valence-corrected chi connectivity index (χ1v) is 7.09. The third kappa shape index (κ3) is 4.24. The van der Waals surface area contributed by atoms with Gasteiger partial charge in [-0.1, -0.05) is 55.2 Å². The van der Waals surface area contributed by atoms with Gasteiger partial charge in [0.05, 0.1) is 0 Å². The summed E-state index contributed by atoms with van der Waals surface area (Å²) in [4.78, 5) is 0. The number of rotatable bonds is 4. The Labute approximate surface area is 124 Å². The second-order valence-electron chi connectivity index (χ2n) is 4.89. The summed E-state index contributed by atoms with van der Waals surface area (Å²) >= 11 is 12.1. The molecule has 100 valence electrons. The van der Waals surface area contributed by atoms with Crippen molar-refractivity contribution in [2.75, 3.05) is 0 Å². The van der Waals surface area contributed by atoms with E-state index in [0.29, 0.717) is 16.1 Å². The summed E-state index contributed by atoms with van der Waals surface area (Å²) in [6.07, 6.45) is 0. The zero-order chi connectivity index (χ0) is 13.8. The number of hydrogen-bond acceptors (Lipinski definition) is 1. The summed E-state index contributed by atoms with van der Waals surface area (Å²) in [5.41, 5.74) is 3.43.